The minimum absolute atomic E-state index is 0. The lowest BCUT2D eigenvalue weighted by Crippen LogP contribution is -2.39. The second kappa shape index (κ2) is 13.6. The average Bonchev–Trinajstić information content (AvgIpc) is 2.68. The number of guanidine groups is 1. The van der Waals surface area contributed by atoms with E-state index in [9.17, 15) is 8.42 Å². The van der Waals surface area contributed by atoms with Crippen LogP contribution in [0.4, 0.5) is 0 Å². The van der Waals surface area contributed by atoms with E-state index in [1.165, 1.54) is 17.4 Å². The summed E-state index contributed by atoms with van der Waals surface area (Å²) in [6.45, 7) is 4.44. The number of nitrogens with one attached hydrogen (secondary N) is 3. The maximum atomic E-state index is 11.1. The van der Waals surface area contributed by atoms with Crippen LogP contribution in [-0.4, -0.2) is 46.8 Å². The third kappa shape index (κ3) is 10.1. The molecule has 0 unspecified atom stereocenters. The predicted molar refractivity (Wildman–Crippen MR) is 132 cm³/mol. The molecule has 6 nitrogen and oxygen atoms in total. The van der Waals surface area contributed by atoms with Gasteiger partial charge in [-0.05, 0) is 24.5 Å². The number of hydrogen-bond acceptors (Lipinski definition) is 3. The molecule has 0 radical (unpaired) electrons. The van der Waals surface area contributed by atoms with E-state index >= 15 is 0 Å². The summed E-state index contributed by atoms with van der Waals surface area (Å²) in [5.74, 6) is 0.906. The van der Waals surface area contributed by atoms with Gasteiger partial charge in [0.15, 0.2) is 5.96 Å². The molecule has 0 amide bonds. The van der Waals surface area contributed by atoms with Crippen molar-refractivity contribution in [3.05, 3.63) is 71.8 Å². The van der Waals surface area contributed by atoms with Crippen LogP contribution in [0.1, 0.15) is 30.4 Å². The first kappa shape index (κ1) is 25.4. The Bertz CT molecular complexity index is 791. The summed E-state index contributed by atoms with van der Waals surface area (Å²) in [5.41, 5.74) is 2.45. The molecule has 0 fully saturated rings. The van der Waals surface area contributed by atoms with Gasteiger partial charge in [0.1, 0.15) is 0 Å². The summed E-state index contributed by atoms with van der Waals surface area (Å²) in [6, 6.07) is 20.8. The van der Waals surface area contributed by atoms with Crippen LogP contribution < -0.4 is 15.4 Å². The van der Waals surface area contributed by atoms with Crippen molar-refractivity contribution in [2.75, 3.05) is 32.4 Å². The van der Waals surface area contributed by atoms with Crippen LogP contribution >= 0.6 is 24.0 Å². The fourth-order valence-electron chi connectivity index (χ4n) is 2.85. The molecule has 2 rings (SSSR count). The molecule has 0 atom stereocenters. The first-order valence-electron chi connectivity index (χ1n) is 9.56. The fourth-order valence-corrected chi connectivity index (χ4v) is 3.37. The van der Waals surface area contributed by atoms with Gasteiger partial charge in [-0.3, -0.25) is 4.99 Å². The van der Waals surface area contributed by atoms with E-state index in [2.05, 4.69) is 39.6 Å². The third-order valence-corrected chi connectivity index (χ3v) is 4.92. The Labute approximate surface area is 191 Å². The molecule has 0 heterocycles. The molecule has 0 spiro atoms. The standard InChI is InChI=1S/C21H30N4O2S.HI/c1-3-22-21(23-15-10-16-25-28(2,26)27)24-17-20(18-11-6-4-7-12-18)19-13-8-5-9-14-19;/h4-9,11-14,20,25H,3,10,15-17H2,1-2H3,(H2,22,23,24);1H. The van der Waals surface area contributed by atoms with Gasteiger partial charge in [0, 0.05) is 25.6 Å². The first-order chi connectivity index (χ1) is 13.5. The van der Waals surface area contributed by atoms with Crippen LogP contribution in [0.3, 0.4) is 0 Å². The van der Waals surface area contributed by atoms with Gasteiger partial charge in [-0.2, -0.15) is 0 Å². The molecule has 0 aromatic heterocycles. The monoisotopic (exact) mass is 530 g/mol. The van der Waals surface area contributed by atoms with E-state index in [4.69, 9.17) is 4.99 Å². The molecule has 160 valence electrons. The third-order valence-electron chi connectivity index (χ3n) is 4.19. The quantitative estimate of drug-likeness (QED) is 0.191. The Hall–Kier alpha value is -1.65. The number of rotatable bonds is 10. The van der Waals surface area contributed by atoms with Gasteiger partial charge >= 0.3 is 0 Å². The number of nitrogens with zero attached hydrogens (tertiary/aromatic N) is 1. The Morgan fingerprint density at radius 1 is 0.931 bits per heavy atom. The van der Waals surface area contributed by atoms with Crippen LogP contribution in [0, 0.1) is 0 Å². The second-order valence-electron chi connectivity index (χ2n) is 6.54. The Kier molecular flexibility index (Phi) is 11.9. The second-order valence-corrected chi connectivity index (χ2v) is 8.37. The van der Waals surface area contributed by atoms with Gasteiger partial charge < -0.3 is 10.6 Å². The lowest BCUT2D eigenvalue weighted by molar-refractivity contribution is 0.584. The lowest BCUT2D eigenvalue weighted by atomic mass is 9.91. The van der Waals surface area contributed by atoms with Gasteiger partial charge in [0.2, 0.25) is 10.0 Å². The first-order valence-corrected chi connectivity index (χ1v) is 11.5. The van der Waals surface area contributed by atoms with Crippen molar-refractivity contribution in [1.29, 1.82) is 0 Å². The molecule has 3 N–H and O–H groups in total. The summed E-state index contributed by atoms with van der Waals surface area (Å²) in [4.78, 5) is 4.77. The zero-order valence-corrected chi connectivity index (χ0v) is 20.1. The van der Waals surface area contributed by atoms with E-state index in [0.29, 0.717) is 26.1 Å². The molecule has 8 heteroatoms. The smallest absolute Gasteiger partial charge is 0.208 e. The molecule has 0 saturated heterocycles. The summed E-state index contributed by atoms with van der Waals surface area (Å²) < 4.78 is 24.7. The van der Waals surface area contributed by atoms with Crippen molar-refractivity contribution in [3.63, 3.8) is 0 Å². The lowest BCUT2D eigenvalue weighted by Gasteiger charge is -2.18. The van der Waals surface area contributed by atoms with Gasteiger partial charge in [0.25, 0.3) is 0 Å². The number of hydrogen-bond donors (Lipinski definition) is 3. The highest BCUT2D eigenvalue weighted by atomic mass is 127. The normalized spacial score (nSPS) is 11.8. The number of halogens is 1. The molecule has 0 aliphatic heterocycles. The van der Waals surface area contributed by atoms with Crippen molar-refractivity contribution in [2.45, 2.75) is 19.3 Å². The zero-order valence-electron chi connectivity index (χ0n) is 17.0. The van der Waals surface area contributed by atoms with E-state index in [1.54, 1.807) is 0 Å². The van der Waals surface area contributed by atoms with Crippen molar-refractivity contribution < 1.29 is 8.42 Å². The van der Waals surface area contributed by atoms with Gasteiger partial charge in [0.05, 0.1) is 12.8 Å². The van der Waals surface area contributed by atoms with Crippen LogP contribution in [-0.2, 0) is 10.0 Å². The Morgan fingerprint density at radius 3 is 1.97 bits per heavy atom. The van der Waals surface area contributed by atoms with E-state index in [1.807, 2.05) is 43.3 Å². The number of sulfonamides is 1. The summed E-state index contributed by atoms with van der Waals surface area (Å²) in [6.07, 6.45) is 1.84. The highest BCUT2D eigenvalue weighted by Gasteiger charge is 2.13. The topological polar surface area (TPSA) is 82.6 Å². The minimum atomic E-state index is -3.14. The summed E-state index contributed by atoms with van der Waals surface area (Å²) in [7, 11) is -3.14. The van der Waals surface area contributed by atoms with Crippen molar-refractivity contribution >= 4 is 40.0 Å². The predicted octanol–water partition coefficient (Wildman–Crippen LogP) is 2.93. The van der Waals surface area contributed by atoms with E-state index in [0.717, 1.165) is 12.5 Å². The number of benzene rings is 2. The van der Waals surface area contributed by atoms with Crippen molar-refractivity contribution in [3.8, 4) is 0 Å². The molecule has 0 aliphatic rings. The Balaban J connectivity index is 0.00000420. The van der Waals surface area contributed by atoms with Gasteiger partial charge in [-0.15, -0.1) is 24.0 Å². The molecule has 0 bridgehead atoms. The SMILES string of the molecule is CCNC(=NCC(c1ccccc1)c1ccccc1)NCCCNS(C)(=O)=O.I. The average molecular weight is 530 g/mol. The van der Waals surface area contributed by atoms with E-state index in [-0.39, 0.29) is 29.9 Å². The van der Waals surface area contributed by atoms with E-state index < -0.39 is 10.0 Å². The number of aliphatic imine (C=N–C) groups is 1. The molecule has 2 aromatic rings. The molecule has 2 aromatic carbocycles. The van der Waals surface area contributed by atoms with Crippen LogP contribution in [0.25, 0.3) is 0 Å². The van der Waals surface area contributed by atoms with Crippen LogP contribution in [0.5, 0.6) is 0 Å². The minimum Gasteiger partial charge on any atom is -0.357 e. The van der Waals surface area contributed by atoms with Crippen molar-refractivity contribution in [1.82, 2.24) is 15.4 Å². The molecule has 29 heavy (non-hydrogen) atoms. The maximum Gasteiger partial charge on any atom is 0.208 e. The summed E-state index contributed by atoms with van der Waals surface area (Å²) >= 11 is 0. The zero-order chi connectivity index (χ0) is 20.2. The highest BCUT2D eigenvalue weighted by Crippen LogP contribution is 2.24. The molecular formula is C21H31IN4O2S. The van der Waals surface area contributed by atoms with Gasteiger partial charge in [-0.25, -0.2) is 13.1 Å². The molecular weight excluding hydrogens is 499 g/mol. The maximum absolute atomic E-state index is 11.1. The molecule has 0 aliphatic carbocycles. The fraction of sp³-hybridized carbons (Fsp3) is 0.381. The van der Waals surface area contributed by atoms with Crippen molar-refractivity contribution in [2.24, 2.45) is 4.99 Å². The largest absolute Gasteiger partial charge is 0.357 e. The van der Waals surface area contributed by atoms with Crippen LogP contribution in [0.15, 0.2) is 65.7 Å². The van der Waals surface area contributed by atoms with Crippen LogP contribution in [0.2, 0.25) is 0 Å². The van der Waals surface area contributed by atoms with Gasteiger partial charge in [-0.1, -0.05) is 60.7 Å². The summed E-state index contributed by atoms with van der Waals surface area (Å²) in [5, 5.41) is 6.52. The molecule has 0 saturated carbocycles. The Morgan fingerprint density at radius 2 is 1.48 bits per heavy atom. The highest BCUT2D eigenvalue weighted by molar-refractivity contribution is 14.0.